The number of hydrogen-bond donors (Lipinski definition) is 1. The third-order valence-corrected chi connectivity index (χ3v) is 4.82. The van der Waals surface area contributed by atoms with Gasteiger partial charge in [-0.2, -0.15) is 0 Å². The molecule has 1 N–H and O–H groups in total. The van der Waals surface area contributed by atoms with Gasteiger partial charge in [0.25, 0.3) is 5.91 Å². The van der Waals surface area contributed by atoms with Crippen LogP contribution < -0.4 is 10.2 Å². The number of nitrogens with zero attached hydrogens (tertiary/aromatic N) is 2. The molecule has 0 saturated carbocycles. The Balaban J connectivity index is 2.32. The van der Waals surface area contributed by atoms with E-state index in [-0.39, 0.29) is 24.5 Å². The second-order valence-corrected chi connectivity index (χ2v) is 7.63. The minimum Gasteiger partial charge on any atom is -0.377 e. The summed E-state index contributed by atoms with van der Waals surface area (Å²) in [5.41, 5.74) is 2.94. The number of halogens is 1. The molecule has 0 atom stereocenters. The number of hydrogen-bond acceptors (Lipinski definition) is 4. The highest BCUT2D eigenvalue weighted by atomic mass is 35.5. The van der Waals surface area contributed by atoms with Crippen molar-refractivity contribution in [1.29, 1.82) is 0 Å². The molecule has 2 rings (SSSR count). The van der Waals surface area contributed by atoms with Crippen LogP contribution in [0.1, 0.15) is 29.8 Å². The third-order valence-electron chi connectivity index (χ3n) is 4.49. The SMILES string of the molecule is COCC(=O)N(Cc1cc(NC(=O)c2ccccc2Cl)ccc1N(C)C)C(C)C. The lowest BCUT2D eigenvalue weighted by molar-refractivity contribution is -0.137. The molecule has 0 heterocycles. The van der Waals surface area contributed by atoms with Gasteiger partial charge in [0.1, 0.15) is 6.61 Å². The maximum atomic E-state index is 12.6. The highest BCUT2D eigenvalue weighted by Crippen LogP contribution is 2.26. The third kappa shape index (κ3) is 5.95. The van der Waals surface area contributed by atoms with Crippen molar-refractivity contribution in [3.05, 3.63) is 58.6 Å². The van der Waals surface area contributed by atoms with Crippen molar-refractivity contribution in [2.75, 3.05) is 38.0 Å². The van der Waals surface area contributed by atoms with Crippen LogP contribution in [0.4, 0.5) is 11.4 Å². The number of benzene rings is 2. The molecule has 0 aliphatic rings. The molecule has 0 fully saturated rings. The van der Waals surface area contributed by atoms with Gasteiger partial charge in [-0.1, -0.05) is 23.7 Å². The summed E-state index contributed by atoms with van der Waals surface area (Å²) in [6.07, 6.45) is 0. The van der Waals surface area contributed by atoms with Crippen LogP contribution in [-0.2, 0) is 16.1 Å². The van der Waals surface area contributed by atoms with Gasteiger partial charge in [-0.05, 0) is 49.7 Å². The van der Waals surface area contributed by atoms with Crippen molar-refractivity contribution >= 4 is 34.8 Å². The van der Waals surface area contributed by atoms with Gasteiger partial charge in [-0.15, -0.1) is 0 Å². The molecule has 29 heavy (non-hydrogen) atoms. The fourth-order valence-corrected chi connectivity index (χ4v) is 3.24. The highest BCUT2D eigenvalue weighted by molar-refractivity contribution is 6.34. The lowest BCUT2D eigenvalue weighted by Crippen LogP contribution is -2.39. The van der Waals surface area contributed by atoms with Crippen LogP contribution in [0.2, 0.25) is 5.02 Å². The Kier molecular flexibility index (Phi) is 8.05. The Bertz CT molecular complexity index is 868. The van der Waals surface area contributed by atoms with E-state index in [4.69, 9.17) is 16.3 Å². The molecule has 7 heteroatoms. The summed E-state index contributed by atoms with van der Waals surface area (Å²) in [6, 6.07) is 12.6. The number of carbonyl (C=O) groups excluding carboxylic acids is 2. The molecule has 0 spiro atoms. The number of rotatable bonds is 8. The molecule has 0 bridgehead atoms. The minimum atomic E-state index is -0.282. The monoisotopic (exact) mass is 417 g/mol. The van der Waals surface area contributed by atoms with Gasteiger partial charge in [0.2, 0.25) is 5.91 Å². The van der Waals surface area contributed by atoms with Crippen molar-refractivity contribution < 1.29 is 14.3 Å². The van der Waals surface area contributed by atoms with E-state index in [1.165, 1.54) is 7.11 Å². The molecule has 6 nitrogen and oxygen atoms in total. The van der Waals surface area contributed by atoms with E-state index in [2.05, 4.69) is 5.32 Å². The minimum absolute atomic E-state index is 0.00837. The van der Waals surface area contributed by atoms with Crippen LogP contribution >= 0.6 is 11.6 Å². The van der Waals surface area contributed by atoms with Crippen LogP contribution in [0.15, 0.2) is 42.5 Å². The largest absolute Gasteiger partial charge is 0.377 e. The molecule has 2 amide bonds. The first-order valence-electron chi connectivity index (χ1n) is 9.39. The molecule has 0 aliphatic carbocycles. The second-order valence-electron chi connectivity index (χ2n) is 7.22. The van der Waals surface area contributed by atoms with Gasteiger partial charge in [0, 0.05) is 45.2 Å². The normalized spacial score (nSPS) is 10.7. The Morgan fingerprint density at radius 2 is 1.83 bits per heavy atom. The summed E-state index contributed by atoms with van der Waals surface area (Å²) in [5, 5.41) is 3.29. The molecular weight excluding hydrogens is 390 g/mol. The standard InChI is InChI=1S/C22H28ClN3O3/c1-15(2)26(21(27)14-29-5)13-16-12-17(10-11-20(16)25(3)4)24-22(28)18-8-6-7-9-19(18)23/h6-12,15H,13-14H2,1-5H3,(H,24,28). The zero-order valence-corrected chi connectivity index (χ0v) is 18.3. The molecule has 0 aliphatic heterocycles. The van der Waals surface area contributed by atoms with E-state index >= 15 is 0 Å². The van der Waals surface area contributed by atoms with Crippen molar-refractivity contribution in [3.8, 4) is 0 Å². The first kappa shape index (κ1) is 22.7. The molecule has 2 aromatic carbocycles. The van der Waals surface area contributed by atoms with E-state index in [9.17, 15) is 9.59 Å². The number of carbonyl (C=O) groups is 2. The zero-order valence-electron chi connectivity index (χ0n) is 17.5. The average Bonchev–Trinajstić information content (AvgIpc) is 2.66. The molecule has 0 saturated heterocycles. The van der Waals surface area contributed by atoms with Gasteiger partial charge < -0.3 is 19.9 Å². The van der Waals surface area contributed by atoms with Gasteiger partial charge in [-0.25, -0.2) is 0 Å². The maximum Gasteiger partial charge on any atom is 0.257 e. The Morgan fingerprint density at radius 3 is 2.41 bits per heavy atom. The van der Waals surface area contributed by atoms with E-state index in [1.54, 1.807) is 29.2 Å². The summed E-state index contributed by atoms with van der Waals surface area (Å²) in [5.74, 6) is -0.368. The van der Waals surface area contributed by atoms with E-state index in [0.717, 1.165) is 11.3 Å². The Labute approximate surface area is 177 Å². The number of methoxy groups -OCH3 is 1. The lowest BCUT2D eigenvalue weighted by Gasteiger charge is -2.29. The summed E-state index contributed by atoms with van der Waals surface area (Å²) in [6.45, 7) is 4.36. The Morgan fingerprint density at radius 1 is 1.14 bits per heavy atom. The summed E-state index contributed by atoms with van der Waals surface area (Å²) < 4.78 is 5.02. The molecule has 2 aromatic rings. The molecule has 156 valence electrons. The molecule has 0 radical (unpaired) electrons. The molecule has 0 unspecified atom stereocenters. The van der Waals surface area contributed by atoms with E-state index in [1.807, 2.05) is 51.0 Å². The van der Waals surface area contributed by atoms with Crippen molar-refractivity contribution in [3.63, 3.8) is 0 Å². The van der Waals surface area contributed by atoms with Gasteiger partial charge in [-0.3, -0.25) is 9.59 Å². The van der Waals surface area contributed by atoms with Crippen LogP contribution in [-0.4, -0.2) is 50.6 Å². The van der Waals surface area contributed by atoms with Crippen LogP contribution in [0, 0.1) is 0 Å². The first-order chi connectivity index (χ1) is 13.7. The van der Waals surface area contributed by atoms with E-state index < -0.39 is 0 Å². The second kappa shape index (κ2) is 10.3. The van der Waals surface area contributed by atoms with Gasteiger partial charge in [0.05, 0.1) is 10.6 Å². The summed E-state index contributed by atoms with van der Waals surface area (Å²) in [4.78, 5) is 28.8. The van der Waals surface area contributed by atoms with Crippen molar-refractivity contribution in [2.24, 2.45) is 0 Å². The zero-order chi connectivity index (χ0) is 21.6. The Hall–Kier alpha value is -2.57. The number of anilines is 2. The first-order valence-corrected chi connectivity index (χ1v) is 9.77. The molecular formula is C22H28ClN3O3. The summed E-state index contributed by atoms with van der Waals surface area (Å²) in [7, 11) is 5.39. The average molecular weight is 418 g/mol. The van der Waals surface area contributed by atoms with Gasteiger partial charge in [0.15, 0.2) is 0 Å². The topological polar surface area (TPSA) is 61.9 Å². The van der Waals surface area contributed by atoms with Crippen molar-refractivity contribution in [1.82, 2.24) is 4.90 Å². The highest BCUT2D eigenvalue weighted by Gasteiger charge is 2.20. The fourth-order valence-electron chi connectivity index (χ4n) is 3.02. The number of nitrogens with one attached hydrogen (secondary N) is 1. The van der Waals surface area contributed by atoms with Crippen molar-refractivity contribution in [2.45, 2.75) is 26.4 Å². The smallest absolute Gasteiger partial charge is 0.257 e. The lowest BCUT2D eigenvalue weighted by atomic mass is 10.1. The summed E-state index contributed by atoms with van der Waals surface area (Å²) >= 11 is 6.13. The van der Waals surface area contributed by atoms with Crippen LogP contribution in [0.5, 0.6) is 0 Å². The quantitative estimate of drug-likeness (QED) is 0.704. The van der Waals surface area contributed by atoms with Gasteiger partial charge >= 0.3 is 0 Å². The predicted molar refractivity (Wildman–Crippen MR) is 118 cm³/mol. The van der Waals surface area contributed by atoms with Crippen LogP contribution in [0.3, 0.4) is 0 Å². The van der Waals surface area contributed by atoms with E-state index in [0.29, 0.717) is 22.8 Å². The van der Waals surface area contributed by atoms with Crippen LogP contribution in [0.25, 0.3) is 0 Å². The molecule has 0 aromatic heterocycles. The number of ether oxygens (including phenoxy) is 1. The number of amides is 2. The predicted octanol–water partition coefficient (Wildman–Crippen LogP) is 4.04. The fraction of sp³-hybridized carbons (Fsp3) is 0.364. The maximum absolute atomic E-state index is 12.6.